The molecule has 1 aromatic heterocycles. The summed E-state index contributed by atoms with van der Waals surface area (Å²) in [5, 5.41) is 12.4. The number of hydrogen-bond acceptors (Lipinski definition) is 4. The molecule has 2 N–H and O–H groups in total. The molecule has 1 atom stereocenters. The van der Waals surface area contributed by atoms with E-state index in [-0.39, 0.29) is 17.1 Å². The molecule has 1 unspecified atom stereocenters. The van der Waals surface area contributed by atoms with Crippen molar-refractivity contribution in [2.75, 3.05) is 13.1 Å². The zero-order valence-electron chi connectivity index (χ0n) is 10.4. The minimum Gasteiger partial charge on any atom is -0.475 e. The lowest BCUT2D eigenvalue weighted by molar-refractivity contribution is 0.0656. The van der Waals surface area contributed by atoms with Gasteiger partial charge in [0.2, 0.25) is 11.7 Å². The normalized spacial score (nSPS) is 20.8. The summed E-state index contributed by atoms with van der Waals surface area (Å²) >= 11 is 0. The van der Waals surface area contributed by atoms with Crippen LogP contribution >= 0.6 is 0 Å². The highest BCUT2D eigenvalue weighted by Gasteiger charge is 2.31. The number of aromatic carboxylic acids is 1. The van der Waals surface area contributed by atoms with Crippen LogP contribution in [-0.4, -0.2) is 29.1 Å². The monoisotopic (exact) mass is 238 g/mol. The number of carbonyl (C=O) groups is 1. The molecule has 94 valence electrons. The molecule has 0 amide bonds. The SMILES string of the molecule is CC(C)(C)c1nc(C2CCNC2)c(C(=O)O)o1. The maximum atomic E-state index is 11.2. The van der Waals surface area contributed by atoms with Crippen molar-refractivity contribution in [3.63, 3.8) is 0 Å². The van der Waals surface area contributed by atoms with Crippen molar-refractivity contribution >= 4 is 5.97 Å². The van der Waals surface area contributed by atoms with Crippen LogP contribution < -0.4 is 5.32 Å². The molecular weight excluding hydrogens is 220 g/mol. The highest BCUT2D eigenvalue weighted by molar-refractivity contribution is 5.85. The first-order valence-electron chi connectivity index (χ1n) is 5.85. The van der Waals surface area contributed by atoms with Gasteiger partial charge in [-0.1, -0.05) is 20.8 Å². The maximum absolute atomic E-state index is 11.2. The molecule has 1 aromatic rings. The Kier molecular flexibility index (Phi) is 2.95. The Balaban J connectivity index is 2.42. The Hall–Kier alpha value is -1.36. The number of oxazole rings is 1. The molecule has 0 spiro atoms. The van der Waals surface area contributed by atoms with E-state index < -0.39 is 5.97 Å². The highest BCUT2D eigenvalue weighted by atomic mass is 16.4. The van der Waals surface area contributed by atoms with Gasteiger partial charge in [-0.2, -0.15) is 0 Å². The largest absolute Gasteiger partial charge is 0.475 e. The minimum absolute atomic E-state index is 0.00336. The third-order valence-corrected chi connectivity index (χ3v) is 2.94. The topological polar surface area (TPSA) is 75.4 Å². The fourth-order valence-electron chi connectivity index (χ4n) is 1.97. The summed E-state index contributed by atoms with van der Waals surface area (Å²) in [6.45, 7) is 7.56. The third-order valence-electron chi connectivity index (χ3n) is 2.94. The van der Waals surface area contributed by atoms with Crippen LogP contribution in [0.4, 0.5) is 0 Å². The minimum atomic E-state index is -1.03. The molecule has 0 aromatic carbocycles. The molecule has 1 aliphatic heterocycles. The molecule has 1 saturated heterocycles. The Labute approximate surface area is 100 Å². The zero-order chi connectivity index (χ0) is 12.6. The van der Waals surface area contributed by atoms with Gasteiger partial charge < -0.3 is 14.8 Å². The van der Waals surface area contributed by atoms with Crippen molar-refractivity contribution in [3.8, 4) is 0 Å². The fourth-order valence-corrected chi connectivity index (χ4v) is 1.97. The number of nitrogens with one attached hydrogen (secondary N) is 1. The molecule has 0 radical (unpaired) electrons. The van der Waals surface area contributed by atoms with Gasteiger partial charge in [-0.15, -0.1) is 0 Å². The van der Waals surface area contributed by atoms with Crippen molar-refractivity contribution in [1.82, 2.24) is 10.3 Å². The molecular formula is C12H18N2O3. The second-order valence-corrected chi connectivity index (χ2v) is 5.48. The second kappa shape index (κ2) is 4.14. The van der Waals surface area contributed by atoms with Crippen molar-refractivity contribution in [2.45, 2.75) is 38.5 Å². The fraction of sp³-hybridized carbons (Fsp3) is 0.667. The van der Waals surface area contributed by atoms with Crippen LogP contribution in [-0.2, 0) is 5.41 Å². The number of rotatable bonds is 2. The van der Waals surface area contributed by atoms with Gasteiger partial charge in [0.25, 0.3) is 0 Å². The number of carboxylic acids is 1. The average Bonchev–Trinajstić information content (AvgIpc) is 2.85. The molecule has 0 bridgehead atoms. The molecule has 5 heteroatoms. The summed E-state index contributed by atoms with van der Waals surface area (Å²) in [5.74, 6) is -0.378. The Bertz CT molecular complexity index is 425. The van der Waals surface area contributed by atoms with Crippen LogP contribution in [0.25, 0.3) is 0 Å². The van der Waals surface area contributed by atoms with Gasteiger partial charge in [0.05, 0.1) is 5.69 Å². The van der Waals surface area contributed by atoms with E-state index in [1.54, 1.807) is 0 Å². The predicted octanol–water partition coefficient (Wildman–Crippen LogP) is 1.75. The van der Waals surface area contributed by atoms with Crippen LogP contribution in [0.2, 0.25) is 0 Å². The lowest BCUT2D eigenvalue weighted by Gasteiger charge is -2.12. The van der Waals surface area contributed by atoms with E-state index in [0.29, 0.717) is 11.6 Å². The predicted molar refractivity (Wildman–Crippen MR) is 62.4 cm³/mol. The number of aromatic nitrogens is 1. The first-order valence-corrected chi connectivity index (χ1v) is 5.85. The van der Waals surface area contributed by atoms with E-state index in [1.165, 1.54) is 0 Å². The Morgan fingerprint density at radius 1 is 1.53 bits per heavy atom. The summed E-state index contributed by atoms with van der Waals surface area (Å²) in [5.41, 5.74) is 0.321. The van der Waals surface area contributed by atoms with Gasteiger partial charge in [-0.05, 0) is 13.0 Å². The van der Waals surface area contributed by atoms with E-state index in [2.05, 4.69) is 10.3 Å². The first-order chi connectivity index (χ1) is 7.89. The Morgan fingerprint density at radius 2 is 2.24 bits per heavy atom. The van der Waals surface area contributed by atoms with E-state index in [0.717, 1.165) is 19.5 Å². The Morgan fingerprint density at radius 3 is 2.71 bits per heavy atom. The molecule has 1 fully saturated rings. The summed E-state index contributed by atoms with van der Waals surface area (Å²) in [6.07, 6.45) is 0.913. The number of carboxylic acid groups (broad SMARTS) is 1. The lowest BCUT2D eigenvalue weighted by Crippen LogP contribution is -2.13. The molecule has 1 aliphatic rings. The van der Waals surface area contributed by atoms with Gasteiger partial charge in [0, 0.05) is 17.9 Å². The second-order valence-electron chi connectivity index (χ2n) is 5.48. The van der Waals surface area contributed by atoms with Gasteiger partial charge in [-0.3, -0.25) is 0 Å². The van der Waals surface area contributed by atoms with E-state index >= 15 is 0 Å². The first kappa shape index (κ1) is 12.1. The van der Waals surface area contributed by atoms with E-state index in [1.807, 2.05) is 20.8 Å². The van der Waals surface area contributed by atoms with Crippen molar-refractivity contribution < 1.29 is 14.3 Å². The van der Waals surface area contributed by atoms with Gasteiger partial charge in [0.15, 0.2) is 0 Å². The van der Waals surface area contributed by atoms with Crippen LogP contribution in [0, 0.1) is 0 Å². The highest BCUT2D eigenvalue weighted by Crippen LogP contribution is 2.30. The summed E-state index contributed by atoms with van der Waals surface area (Å²) in [4.78, 5) is 15.6. The summed E-state index contributed by atoms with van der Waals surface area (Å²) in [6, 6.07) is 0. The van der Waals surface area contributed by atoms with Crippen molar-refractivity contribution in [3.05, 3.63) is 17.3 Å². The van der Waals surface area contributed by atoms with E-state index in [9.17, 15) is 4.79 Å². The molecule has 2 rings (SSSR count). The number of nitrogens with zero attached hydrogens (tertiary/aromatic N) is 1. The summed E-state index contributed by atoms with van der Waals surface area (Å²) in [7, 11) is 0. The lowest BCUT2D eigenvalue weighted by atomic mass is 9.97. The third kappa shape index (κ3) is 2.34. The molecule has 0 saturated carbocycles. The van der Waals surface area contributed by atoms with Gasteiger partial charge in [-0.25, -0.2) is 9.78 Å². The molecule has 5 nitrogen and oxygen atoms in total. The van der Waals surface area contributed by atoms with Crippen LogP contribution in [0.15, 0.2) is 4.42 Å². The maximum Gasteiger partial charge on any atom is 0.373 e. The van der Waals surface area contributed by atoms with Crippen LogP contribution in [0.3, 0.4) is 0 Å². The molecule has 0 aliphatic carbocycles. The molecule has 2 heterocycles. The average molecular weight is 238 g/mol. The van der Waals surface area contributed by atoms with Crippen LogP contribution in [0.1, 0.15) is 55.2 Å². The standard InChI is InChI=1S/C12H18N2O3/c1-12(2,3)11-14-8(7-4-5-13-6-7)9(17-11)10(15)16/h7,13H,4-6H2,1-3H3,(H,15,16). The molecule has 17 heavy (non-hydrogen) atoms. The smallest absolute Gasteiger partial charge is 0.373 e. The van der Waals surface area contributed by atoms with Crippen LogP contribution in [0.5, 0.6) is 0 Å². The zero-order valence-corrected chi connectivity index (χ0v) is 10.4. The van der Waals surface area contributed by atoms with Gasteiger partial charge in [0.1, 0.15) is 0 Å². The van der Waals surface area contributed by atoms with E-state index in [4.69, 9.17) is 9.52 Å². The van der Waals surface area contributed by atoms with Crippen molar-refractivity contribution in [2.24, 2.45) is 0 Å². The quantitative estimate of drug-likeness (QED) is 0.821. The van der Waals surface area contributed by atoms with Gasteiger partial charge >= 0.3 is 5.97 Å². The van der Waals surface area contributed by atoms with Crippen molar-refractivity contribution in [1.29, 1.82) is 0 Å². The summed E-state index contributed by atoms with van der Waals surface area (Å²) < 4.78 is 5.41. The number of hydrogen-bond donors (Lipinski definition) is 2.